The SMILES string of the molecule is CCCOc1cncc(-c2cccc(C(C)=O)c2)c1. The Bertz CT molecular complexity index is 578. The van der Waals surface area contributed by atoms with Gasteiger partial charge in [0.2, 0.25) is 0 Å². The van der Waals surface area contributed by atoms with Gasteiger partial charge in [-0.15, -0.1) is 0 Å². The third-order valence-electron chi connectivity index (χ3n) is 2.79. The van der Waals surface area contributed by atoms with Gasteiger partial charge in [0, 0.05) is 17.3 Å². The number of Topliss-reactive ketones (excluding diaryl/α,β-unsaturated/α-hetero) is 1. The van der Waals surface area contributed by atoms with Crippen molar-refractivity contribution in [1.82, 2.24) is 4.98 Å². The Kier molecular flexibility index (Phi) is 4.29. The van der Waals surface area contributed by atoms with Crippen LogP contribution in [0.5, 0.6) is 5.75 Å². The van der Waals surface area contributed by atoms with Crippen LogP contribution in [0.2, 0.25) is 0 Å². The van der Waals surface area contributed by atoms with E-state index < -0.39 is 0 Å². The van der Waals surface area contributed by atoms with Crippen LogP contribution in [-0.2, 0) is 0 Å². The third-order valence-corrected chi connectivity index (χ3v) is 2.79. The lowest BCUT2D eigenvalue weighted by Crippen LogP contribution is -1.96. The Labute approximate surface area is 113 Å². The highest BCUT2D eigenvalue weighted by atomic mass is 16.5. The quantitative estimate of drug-likeness (QED) is 0.764. The van der Waals surface area contributed by atoms with Gasteiger partial charge in [0.1, 0.15) is 5.75 Å². The Morgan fingerprint density at radius 3 is 2.79 bits per heavy atom. The first-order chi connectivity index (χ1) is 9.20. The Hall–Kier alpha value is -2.16. The number of nitrogens with zero attached hydrogens (tertiary/aromatic N) is 1. The summed E-state index contributed by atoms with van der Waals surface area (Å²) in [6, 6.07) is 9.49. The lowest BCUT2D eigenvalue weighted by Gasteiger charge is -2.07. The second-order valence-corrected chi connectivity index (χ2v) is 4.39. The number of carbonyl (C=O) groups is 1. The average Bonchev–Trinajstić information content (AvgIpc) is 2.45. The standard InChI is InChI=1S/C16H17NO2/c1-3-7-19-16-9-15(10-17-11-16)14-6-4-5-13(8-14)12(2)18/h4-6,8-11H,3,7H2,1-2H3. The second kappa shape index (κ2) is 6.14. The van der Waals surface area contributed by atoms with Crippen LogP contribution in [0.15, 0.2) is 42.7 Å². The zero-order valence-electron chi connectivity index (χ0n) is 11.2. The summed E-state index contributed by atoms with van der Waals surface area (Å²) in [6.07, 6.45) is 4.44. The Morgan fingerprint density at radius 1 is 1.21 bits per heavy atom. The number of carbonyl (C=O) groups excluding carboxylic acids is 1. The average molecular weight is 255 g/mol. The van der Waals surface area contributed by atoms with Gasteiger partial charge in [-0.1, -0.05) is 25.1 Å². The summed E-state index contributed by atoms with van der Waals surface area (Å²) in [5.41, 5.74) is 2.64. The summed E-state index contributed by atoms with van der Waals surface area (Å²) in [4.78, 5) is 15.6. The van der Waals surface area contributed by atoms with Gasteiger partial charge < -0.3 is 4.74 Å². The highest BCUT2D eigenvalue weighted by Gasteiger charge is 2.04. The second-order valence-electron chi connectivity index (χ2n) is 4.39. The van der Waals surface area contributed by atoms with Crippen LogP contribution >= 0.6 is 0 Å². The normalized spacial score (nSPS) is 10.2. The monoisotopic (exact) mass is 255 g/mol. The molecule has 0 amide bonds. The molecule has 0 bridgehead atoms. The minimum atomic E-state index is 0.0631. The molecular weight excluding hydrogens is 238 g/mol. The molecule has 3 heteroatoms. The highest BCUT2D eigenvalue weighted by molar-refractivity contribution is 5.95. The lowest BCUT2D eigenvalue weighted by molar-refractivity contribution is 0.101. The van der Waals surface area contributed by atoms with Crippen molar-refractivity contribution in [3.05, 3.63) is 48.3 Å². The molecule has 3 nitrogen and oxygen atoms in total. The maximum atomic E-state index is 11.4. The molecule has 1 aromatic heterocycles. The first kappa shape index (κ1) is 13.3. The molecule has 0 atom stereocenters. The van der Waals surface area contributed by atoms with Gasteiger partial charge in [-0.3, -0.25) is 9.78 Å². The van der Waals surface area contributed by atoms with E-state index in [1.54, 1.807) is 19.3 Å². The fourth-order valence-electron chi connectivity index (χ4n) is 1.79. The van der Waals surface area contributed by atoms with E-state index in [-0.39, 0.29) is 5.78 Å². The fraction of sp³-hybridized carbons (Fsp3) is 0.250. The lowest BCUT2D eigenvalue weighted by atomic mass is 10.0. The summed E-state index contributed by atoms with van der Waals surface area (Å²) in [7, 11) is 0. The summed E-state index contributed by atoms with van der Waals surface area (Å²) < 4.78 is 5.57. The van der Waals surface area contributed by atoms with E-state index >= 15 is 0 Å². The van der Waals surface area contributed by atoms with Gasteiger partial charge in [0.05, 0.1) is 12.8 Å². The molecule has 0 unspecified atom stereocenters. The highest BCUT2D eigenvalue weighted by Crippen LogP contribution is 2.23. The zero-order valence-corrected chi connectivity index (χ0v) is 11.2. The van der Waals surface area contributed by atoms with Gasteiger partial charge >= 0.3 is 0 Å². The van der Waals surface area contributed by atoms with Gasteiger partial charge in [-0.25, -0.2) is 0 Å². The molecule has 0 fully saturated rings. The molecular formula is C16H17NO2. The molecule has 0 spiro atoms. The van der Waals surface area contributed by atoms with Gasteiger partial charge in [0.15, 0.2) is 5.78 Å². The number of benzene rings is 1. The van der Waals surface area contributed by atoms with Crippen LogP contribution in [-0.4, -0.2) is 17.4 Å². The summed E-state index contributed by atoms with van der Waals surface area (Å²) in [5, 5.41) is 0. The molecule has 1 aromatic carbocycles. The van der Waals surface area contributed by atoms with Gasteiger partial charge in [-0.2, -0.15) is 0 Å². The van der Waals surface area contributed by atoms with Gasteiger partial charge in [0.25, 0.3) is 0 Å². The van der Waals surface area contributed by atoms with Crippen molar-refractivity contribution in [1.29, 1.82) is 0 Å². The Morgan fingerprint density at radius 2 is 2.05 bits per heavy atom. The van der Waals surface area contributed by atoms with E-state index in [0.717, 1.165) is 23.3 Å². The van der Waals surface area contributed by atoms with E-state index in [2.05, 4.69) is 11.9 Å². The maximum Gasteiger partial charge on any atom is 0.159 e. The third kappa shape index (κ3) is 3.41. The molecule has 2 aromatic rings. The first-order valence-electron chi connectivity index (χ1n) is 6.40. The topological polar surface area (TPSA) is 39.2 Å². The van der Waals surface area contributed by atoms with Crippen LogP contribution in [0.3, 0.4) is 0 Å². The van der Waals surface area contributed by atoms with E-state index in [0.29, 0.717) is 12.2 Å². The van der Waals surface area contributed by atoms with E-state index in [9.17, 15) is 4.79 Å². The van der Waals surface area contributed by atoms with Crippen LogP contribution in [0.4, 0.5) is 0 Å². The van der Waals surface area contributed by atoms with Crippen LogP contribution in [0.25, 0.3) is 11.1 Å². The number of hydrogen-bond donors (Lipinski definition) is 0. The molecule has 0 saturated carbocycles. The molecule has 0 aliphatic rings. The van der Waals surface area contributed by atoms with Crippen molar-refractivity contribution in [3.63, 3.8) is 0 Å². The summed E-state index contributed by atoms with van der Waals surface area (Å²) in [6.45, 7) is 4.31. The smallest absolute Gasteiger partial charge is 0.159 e. The van der Waals surface area contributed by atoms with Gasteiger partial charge in [-0.05, 0) is 31.0 Å². The van der Waals surface area contributed by atoms with Crippen molar-refractivity contribution in [3.8, 4) is 16.9 Å². The van der Waals surface area contributed by atoms with Crippen LogP contribution in [0, 0.1) is 0 Å². The minimum absolute atomic E-state index is 0.0631. The predicted molar refractivity (Wildman–Crippen MR) is 75.5 cm³/mol. The molecule has 0 aliphatic heterocycles. The number of pyridine rings is 1. The number of aromatic nitrogens is 1. The first-order valence-corrected chi connectivity index (χ1v) is 6.40. The minimum Gasteiger partial charge on any atom is -0.492 e. The largest absolute Gasteiger partial charge is 0.492 e. The maximum absolute atomic E-state index is 11.4. The number of hydrogen-bond acceptors (Lipinski definition) is 3. The van der Waals surface area contributed by atoms with E-state index in [4.69, 9.17) is 4.74 Å². The van der Waals surface area contributed by atoms with E-state index in [1.807, 2.05) is 30.3 Å². The molecule has 0 saturated heterocycles. The number of rotatable bonds is 5. The Balaban J connectivity index is 2.30. The zero-order chi connectivity index (χ0) is 13.7. The molecule has 1 heterocycles. The number of ketones is 1. The van der Waals surface area contributed by atoms with Crippen molar-refractivity contribution in [2.45, 2.75) is 20.3 Å². The number of ether oxygens (including phenoxy) is 1. The molecule has 0 radical (unpaired) electrons. The van der Waals surface area contributed by atoms with Crippen molar-refractivity contribution >= 4 is 5.78 Å². The van der Waals surface area contributed by atoms with Crippen molar-refractivity contribution < 1.29 is 9.53 Å². The molecule has 0 aliphatic carbocycles. The van der Waals surface area contributed by atoms with Crippen molar-refractivity contribution in [2.24, 2.45) is 0 Å². The fourth-order valence-corrected chi connectivity index (χ4v) is 1.79. The molecule has 98 valence electrons. The molecule has 19 heavy (non-hydrogen) atoms. The van der Waals surface area contributed by atoms with Crippen molar-refractivity contribution in [2.75, 3.05) is 6.61 Å². The molecule has 2 rings (SSSR count). The summed E-state index contributed by atoms with van der Waals surface area (Å²) in [5.74, 6) is 0.820. The predicted octanol–water partition coefficient (Wildman–Crippen LogP) is 3.74. The molecule has 0 N–H and O–H groups in total. The van der Waals surface area contributed by atoms with Crippen LogP contribution < -0.4 is 4.74 Å². The van der Waals surface area contributed by atoms with E-state index in [1.165, 1.54) is 0 Å². The van der Waals surface area contributed by atoms with Crippen LogP contribution in [0.1, 0.15) is 30.6 Å². The summed E-state index contributed by atoms with van der Waals surface area (Å²) >= 11 is 0.